The van der Waals surface area contributed by atoms with E-state index in [0.29, 0.717) is 12.3 Å². The SMILES string of the molecule is Cc1ccc(OCC(O)CNC(C)(C)C)c(/C=C/CO)c1. The Bertz CT molecular complexity index is 464. The fraction of sp³-hybridized carbons (Fsp3) is 0.529. The van der Waals surface area contributed by atoms with Crippen LogP contribution in [-0.4, -0.2) is 41.6 Å². The maximum Gasteiger partial charge on any atom is 0.126 e. The summed E-state index contributed by atoms with van der Waals surface area (Å²) in [5.74, 6) is 0.708. The molecule has 0 radical (unpaired) electrons. The van der Waals surface area contributed by atoms with Crippen molar-refractivity contribution in [3.8, 4) is 5.75 Å². The quantitative estimate of drug-likeness (QED) is 0.721. The van der Waals surface area contributed by atoms with Gasteiger partial charge in [-0.2, -0.15) is 0 Å². The highest BCUT2D eigenvalue weighted by molar-refractivity contribution is 5.58. The van der Waals surface area contributed by atoms with E-state index >= 15 is 0 Å². The summed E-state index contributed by atoms with van der Waals surface area (Å²) < 4.78 is 5.69. The van der Waals surface area contributed by atoms with Crippen molar-refractivity contribution in [1.29, 1.82) is 0 Å². The molecule has 0 saturated heterocycles. The average Bonchev–Trinajstić information content (AvgIpc) is 2.41. The molecule has 0 aliphatic carbocycles. The van der Waals surface area contributed by atoms with Gasteiger partial charge in [0.2, 0.25) is 0 Å². The monoisotopic (exact) mass is 293 g/mol. The number of β-amino-alcohol motifs (C(OH)–C–C–N with tert-alkyl or cyclic N) is 1. The molecule has 0 heterocycles. The van der Waals surface area contributed by atoms with Gasteiger partial charge in [0, 0.05) is 17.6 Å². The van der Waals surface area contributed by atoms with Gasteiger partial charge < -0.3 is 20.3 Å². The molecular weight excluding hydrogens is 266 g/mol. The molecule has 0 saturated carbocycles. The molecule has 0 fully saturated rings. The Balaban J connectivity index is 2.60. The van der Waals surface area contributed by atoms with E-state index < -0.39 is 6.10 Å². The Labute approximate surface area is 127 Å². The number of nitrogens with one attached hydrogen (secondary N) is 1. The summed E-state index contributed by atoms with van der Waals surface area (Å²) in [4.78, 5) is 0. The fourth-order valence-corrected chi connectivity index (χ4v) is 1.78. The van der Waals surface area contributed by atoms with E-state index in [0.717, 1.165) is 11.1 Å². The number of ether oxygens (including phenoxy) is 1. The minimum Gasteiger partial charge on any atom is -0.490 e. The third-order valence-electron chi connectivity index (χ3n) is 2.87. The van der Waals surface area contributed by atoms with Crippen molar-refractivity contribution >= 4 is 6.08 Å². The van der Waals surface area contributed by atoms with Crippen LogP contribution in [0.2, 0.25) is 0 Å². The Morgan fingerprint density at radius 3 is 2.67 bits per heavy atom. The van der Waals surface area contributed by atoms with E-state index in [1.807, 2.05) is 31.2 Å². The first-order valence-electron chi connectivity index (χ1n) is 7.26. The summed E-state index contributed by atoms with van der Waals surface area (Å²) in [5.41, 5.74) is 2.00. The largest absolute Gasteiger partial charge is 0.490 e. The molecule has 1 rings (SSSR count). The fourth-order valence-electron chi connectivity index (χ4n) is 1.78. The molecule has 21 heavy (non-hydrogen) atoms. The predicted octanol–water partition coefficient (Wildman–Crippen LogP) is 2.13. The van der Waals surface area contributed by atoms with Gasteiger partial charge in [-0.05, 0) is 39.8 Å². The molecule has 3 N–H and O–H groups in total. The molecule has 0 aliphatic rings. The number of aryl methyl sites for hydroxylation is 1. The molecule has 1 aromatic rings. The molecule has 1 unspecified atom stereocenters. The zero-order chi connectivity index (χ0) is 15.9. The third kappa shape index (κ3) is 7.27. The van der Waals surface area contributed by atoms with Crippen molar-refractivity contribution < 1.29 is 14.9 Å². The average molecular weight is 293 g/mol. The van der Waals surface area contributed by atoms with Gasteiger partial charge in [-0.25, -0.2) is 0 Å². The lowest BCUT2D eigenvalue weighted by atomic mass is 10.1. The second-order valence-corrected chi connectivity index (χ2v) is 6.22. The summed E-state index contributed by atoms with van der Waals surface area (Å²) >= 11 is 0. The number of aliphatic hydroxyl groups excluding tert-OH is 2. The van der Waals surface area contributed by atoms with E-state index in [-0.39, 0.29) is 18.8 Å². The molecule has 4 nitrogen and oxygen atoms in total. The van der Waals surface area contributed by atoms with Gasteiger partial charge in [-0.1, -0.05) is 23.8 Å². The van der Waals surface area contributed by atoms with E-state index in [4.69, 9.17) is 9.84 Å². The van der Waals surface area contributed by atoms with Crippen LogP contribution in [0, 0.1) is 6.92 Å². The van der Waals surface area contributed by atoms with Gasteiger partial charge in [0.05, 0.1) is 6.61 Å². The van der Waals surface area contributed by atoms with Gasteiger partial charge in [0.1, 0.15) is 18.5 Å². The second-order valence-electron chi connectivity index (χ2n) is 6.22. The van der Waals surface area contributed by atoms with Crippen LogP contribution in [0.3, 0.4) is 0 Å². The zero-order valence-corrected chi connectivity index (χ0v) is 13.4. The third-order valence-corrected chi connectivity index (χ3v) is 2.87. The van der Waals surface area contributed by atoms with E-state index in [2.05, 4.69) is 26.1 Å². The second kappa shape index (κ2) is 8.17. The zero-order valence-electron chi connectivity index (χ0n) is 13.4. The van der Waals surface area contributed by atoms with Crippen molar-refractivity contribution in [1.82, 2.24) is 5.32 Å². The van der Waals surface area contributed by atoms with Crippen molar-refractivity contribution in [2.24, 2.45) is 0 Å². The van der Waals surface area contributed by atoms with Crippen molar-refractivity contribution in [2.45, 2.75) is 39.3 Å². The van der Waals surface area contributed by atoms with Crippen molar-refractivity contribution in [3.05, 3.63) is 35.4 Å². The molecule has 0 aliphatic heterocycles. The Hall–Kier alpha value is -1.36. The lowest BCUT2D eigenvalue weighted by molar-refractivity contribution is 0.0999. The van der Waals surface area contributed by atoms with Crippen LogP contribution >= 0.6 is 0 Å². The first-order valence-corrected chi connectivity index (χ1v) is 7.26. The summed E-state index contributed by atoms with van der Waals surface area (Å²) in [5, 5.41) is 22.1. The molecule has 0 amide bonds. The maximum atomic E-state index is 9.95. The molecule has 1 aromatic carbocycles. The van der Waals surface area contributed by atoms with E-state index in [9.17, 15) is 5.11 Å². The molecule has 0 spiro atoms. The van der Waals surface area contributed by atoms with Gasteiger partial charge >= 0.3 is 0 Å². The van der Waals surface area contributed by atoms with Crippen LogP contribution < -0.4 is 10.1 Å². The first-order chi connectivity index (χ1) is 9.81. The van der Waals surface area contributed by atoms with Gasteiger partial charge in [0.15, 0.2) is 0 Å². The Morgan fingerprint density at radius 2 is 2.05 bits per heavy atom. The Kier molecular flexibility index (Phi) is 6.89. The lowest BCUT2D eigenvalue weighted by Crippen LogP contribution is -2.42. The maximum absolute atomic E-state index is 9.95. The molecule has 118 valence electrons. The summed E-state index contributed by atoms with van der Waals surface area (Å²) in [7, 11) is 0. The summed E-state index contributed by atoms with van der Waals surface area (Å²) in [6, 6.07) is 5.84. The van der Waals surface area contributed by atoms with Crippen LogP contribution in [0.1, 0.15) is 31.9 Å². The normalized spacial score (nSPS) is 13.6. The van der Waals surface area contributed by atoms with E-state index in [1.165, 1.54) is 0 Å². The number of hydrogen-bond acceptors (Lipinski definition) is 4. The molecule has 4 heteroatoms. The van der Waals surface area contributed by atoms with Gasteiger partial charge in [-0.15, -0.1) is 0 Å². The standard InChI is InChI=1S/C17H27NO3/c1-13-7-8-16(14(10-13)6-5-9-19)21-12-15(20)11-18-17(2,3)4/h5-8,10,15,18-20H,9,11-12H2,1-4H3/b6-5+. The van der Waals surface area contributed by atoms with Crippen LogP contribution in [0.15, 0.2) is 24.3 Å². The van der Waals surface area contributed by atoms with Crippen molar-refractivity contribution in [2.75, 3.05) is 19.8 Å². The highest BCUT2D eigenvalue weighted by Gasteiger charge is 2.13. The van der Waals surface area contributed by atoms with Gasteiger partial charge in [0.25, 0.3) is 0 Å². The van der Waals surface area contributed by atoms with E-state index in [1.54, 1.807) is 6.08 Å². The van der Waals surface area contributed by atoms with Crippen LogP contribution in [0.4, 0.5) is 0 Å². The summed E-state index contributed by atoms with van der Waals surface area (Å²) in [6.07, 6.45) is 2.92. The highest BCUT2D eigenvalue weighted by atomic mass is 16.5. The highest BCUT2D eigenvalue weighted by Crippen LogP contribution is 2.21. The molecular formula is C17H27NO3. The minimum absolute atomic E-state index is 0.00842. The van der Waals surface area contributed by atoms with Gasteiger partial charge in [-0.3, -0.25) is 0 Å². The smallest absolute Gasteiger partial charge is 0.126 e. The van der Waals surface area contributed by atoms with Crippen LogP contribution in [-0.2, 0) is 0 Å². The minimum atomic E-state index is -0.569. The molecule has 1 atom stereocenters. The predicted molar refractivity (Wildman–Crippen MR) is 86.6 cm³/mol. The summed E-state index contributed by atoms with van der Waals surface area (Å²) in [6.45, 7) is 8.87. The van der Waals surface area contributed by atoms with Crippen LogP contribution in [0.5, 0.6) is 5.75 Å². The Morgan fingerprint density at radius 1 is 1.33 bits per heavy atom. The number of rotatable bonds is 7. The number of benzene rings is 1. The number of aliphatic hydroxyl groups is 2. The molecule has 0 bridgehead atoms. The van der Waals surface area contributed by atoms with Crippen molar-refractivity contribution in [3.63, 3.8) is 0 Å². The topological polar surface area (TPSA) is 61.7 Å². The first kappa shape index (κ1) is 17.7. The lowest BCUT2D eigenvalue weighted by Gasteiger charge is -2.23. The van der Waals surface area contributed by atoms with Crippen LogP contribution in [0.25, 0.3) is 6.08 Å². The number of hydrogen-bond donors (Lipinski definition) is 3. The molecule has 0 aromatic heterocycles.